The summed E-state index contributed by atoms with van der Waals surface area (Å²) >= 11 is 3.42. The van der Waals surface area contributed by atoms with Crippen LogP contribution in [0.15, 0.2) is 27.1 Å². The number of halogens is 1. The Morgan fingerprint density at radius 1 is 1.53 bits per heavy atom. The summed E-state index contributed by atoms with van der Waals surface area (Å²) in [5.74, 6) is 0.239. The lowest BCUT2D eigenvalue weighted by Crippen LogP contribution is -2.29. The molecule has 1 aromatic heterocycles. The predicted octanol–water partition coefficient (Wildman–Crippen LogP) is 2.71. The molecular formula is C14H14BrNO3. The van der Waals surface area contributed by atoms with Gasteiger partial charge in [0.15, 0.2) is 5.76 Å². The monoisotopic (exact) mass is 323 g/mol. The maximum Gasteiger partial charge on any atom is 0.289 e. The summed E-state index contributed by atoms with van der Waals surface area (Å²) < 4.78 is 6.63. The van der Waals surface area contributed by atoms with Crippen LogP contribution in [0.4, 0.5) is 0 Å². The molecule has 5 heteroatoms. The molecule has 1 fully saturated rings. The van der Waals surface area contributed by atoms with Crippen molar-refractivity contribution in [1.29, 1.82) is 0 Å². The van der Waals surface area contributed by atoms with E-state index in [2.05, 4.69) is 15.9 Å². The van der Waals surface area contributed by atoms with Crippen LogP contribution in [0.25, 0.3) is 11.0 Å². The molecule has 4 nitrogen and oxygen atoms in total. The van der Waals surface area contributed by atoms with E-state index in [9.17, 15) is 9.90 Å². The number of rotatable bonds is 1. The van der Waals surface area contributed by atoms with Crippen molar-refractivity contribution in [2.45, 2.75) is 19.4 Å². The molecule has 2 aromatic rings. The van der Waals surface area contributed by atoms with E-state index in [4.69, 9.17) is 4.42 Å². The smallest absolute Gasteiger partial charge is 0.289 e. The Morgan fingerprint density at radius 2 is 2.32 bits per heavy atom. The van der Waals surface area contributed by atoms with Crippen LogP contribution >= 0.6 is 15.9 Å². The summed E-state index contributed by atoms with van der Waals surface area (Å²) in [6.45, 7) is 2.86. The molecule has 2 heterocycles. The molecular weight excluding hydrogens is 310 g/mol. The van der Waals surface area contributed by atoms with Crippen molar-refractivity contribution in [2.24, 2.45) is 0 Å². The van der Waals surface area contributed by atoms with Gasteiger partial charge in [-0.05, 0) is 31.5 Å². The largest absolute Gasteiger partial charge is 0.451 e. The van der Waals surface area contributed by atoms with E-state index >= 15 is 0 Å². The number of nitrogens with zero attached hydrogens (tertiary/aromatic N) is 1. The second-order valence-electron chi connectivity index (χ2n) is 4.89. The van der Waals surface area contributed by atoms with Crippen LogP contribution in [0.3, 0.4) is 0 Å². The lowest BCUT2D eigenvalue weighted by Gasteiger charge is -2.13. The summed E-state index contributed by atoms with van der Waals surface area (Å²) in [5.41, 5.74) is 1.56. The normalized spacial score (nSPS) is 19.3. The summed E-state index contributed by atoms with van der Waals surface area (Å²) in [6, 6.07) is 5.69. The quantitative estimate of drug-likeness (QED) is 0.877. The minimum atomic E-state index is -0.414. The SMILES string of the molecule is Cc1c(C(=O)N2CCC(O)C2)oc2ccc(Br)cc12. The van der Waals surface area contributed by atoms with Gasteiger partial charge in [0.1, 0.15) is 5.58 Å². The van der Waals surface area contributed by atoms with Crippen molar-refractivity contribution in [2.75, 3.05) is 13.1 Å². The average molecular weight is 324 g/mol. The van der Waals surface area contributed by atoms with Gasteiger partial charge in [-0.2, -0.15) is 0 Å². The van der Waals surface area contributed by atoms with E-state index in [1.807, 2.05) is 25.1 Å². The Morgan fingerprint density at radius 3 is 3.00 bits per heavy atom. The molecule has 0 saturated carbocycles. The van der Waals surface area contributed by atoms with E-state index in [1.165, 1.54) is 0 Å². The zero-order valence-electron chi connectivity index (χ0n) is 10.5. The lowest BCUT2D eigenvalue weighted by molar-refractivity contribution is 0.0735. The highest BCUT2D eigenvalue weighted by molar-refractivity contribution is 9.10. The molecule has 100 valence electrons. The first-order chi connectivity index (χ1) is 9.06. The number of β-amino-alcohol motifs (C(OH)–C–C–N with tert-alkyl or cyclic N) is 1. The second kappa shape index (κ2) is 4.65. The number of benzene rings is 1. The summed E-state index contributed by atoms with van der Waals surface area (Å²) in [7, 11) is 0. The number of hydrogen-bond donors (Lipinski definition) is 1. The van der Waals surface area contributed by atoms with Crippen molar-refractivity contribution in [3.8, 4) is 0 Å². The van der Waals surface area contributed by atoms with Crippen LogP contribution < -0.4 is 0 Å². The molecule has 1 aromatic carbocycles. The van der Waals surface area contributed by atoms with Crippen molar-refractivity contribution < 1.29 is 14.3 Å². The van der Waals surface area contributed by atoms with Crippen molar-refractivity contribution in [3.05, 3.63) is 34.0 Å². The van der Waals surface area contributed by atoms with Crippen LogP contribution in [0.2, 0.25) is 0 Å². The number of aliphatic hydroxyl groups is 1. The number of furan rings is 1. The van der Waals surface area contributed by atoms with Gasteiger partial charge in [0.05, 0.1) is 6.10 Å². The molecule has 1 aliphatic rings. The molecule has 1 aliphatic heterocycles. The van der Waals surface area contributed by atoms with Gasteiger partial charge in [-0.25, -0.2) is 0 Å². The third kappa shape index (κ3) is 2.17. The Kier molecular flexibility index (Phi) is 3.11. The number of carbonyl (C=O) groups excluding carboxylic acids is 1. The highest BCUT2D eigenvalue weighted by atomic mass is 79.9. The minimum absolute atomic E-state index is 0.138. The Labute approximate surface area is 119 Å². The zero-order chi connectivity index (χ0) is 13.6. The van der Waals surface area contributed by atoms with Crippen LogP contribution in [-0.2, 0) is 0 Å². The molecule has 1 amide bonds. The van der Waals surface area contributed by atoms with Gasteiger partial charge in [-0.1, -0.05) is 15.9 Å². The van der Waals surface area contributed by atoms with E-state index in [0.717, 1.165) is 15.4 Å². The second-order valence-corrected chi connectivity index (χ2v) is 5.81. The Hall–Kier alpha value is -1.33. The Balaban J connectivity index is 2.01. The minimum Gasteiger partial charge on any atom is -0.451 e. The van der Waals surface area contributed by atoms with Gasteiger partial charge in [0.25, 0.3) is 5.91 Å². The number of likely N-dealkylation sites (tertiary alicyclic amines) is 1. The van der Waals surface area contributed by atoms with Gasteiger partial charge in [-0.3, -0.25) is 4.79 Å². The Bertz CT molecular complexity index is 649. The zero-order valence-corrected chi connectivity index (χ0v) is 12.1. The van der Waals surface area contributed by atoms with E-state index in [0.29, 0.717) is 30.9 Å². The van der Waals surface area contributed by atoms with Crippen LogP contribution in [0, 0.1) is 6.92 Å². The number of aryl methyl sites for hydroxylation is 1. The molecule has 1 saturated heterocycles. The summed E-state index contributed by atoms with van der Waals surface area (Å²) in [6.07, 6.45) is 0.221. The molecule has 1 atom stereocenters. The average Bonchev–Trinajstić information content (AvgIpc) is 2.94. The fraction of sp³-hybridized carbons (Fsp3) is 0.357. The van der Waals surface area contributed by atoms with Crippen LogP contribution in [0.1, 0.15) is 22.5 Å². The molecule has 3 rings (SSSR count). The number of aliphatic hydroxyl groups excluding tert-OH is 1. The number of fused-ring (bicyclic) bond motifs is 1. The fourth-order valence-electron chi connectivity index (χ4n) is 2.47. The van der Waals surface area contributed by atoms with Gasteiger partial charge < -0.3 is 14.4 Å². The molecule has 0 radical (unpaired) electrons. The van der Waals surface area contributed by atoms with Gasteiger partial charge in [-0.15, -0.1) is 0 Å². The number of carbonyl (C=O) groups is 1. The van der Waals surface area contributed by atoms with Crippen molar-refractivity contribution >= 4 is 32.8 Å². The molecule has 19 heavy (non-hydrogen) atoms. The van der Waals surface area contributed by atoms with Crippen LogP contribution in [0.5, 0.6) is 0 Å². The topological polar surface area (TPSA) is 53.7 Å². The van der Waals surface area contributed by atoms with Gasteiger partial charge in [0, 0.05) is 28.5 Å². The fourth-order valence-corrected chi connectivity index (χ4v) is 2.83. The van der Waals surface area contributed by atoms with Gasteiger partial charge in [0.2, 0.25) is 0 Å². The summed E-state index contributed by atoms with van der Waals surface area (Å²) in [5, 5.41) is 10.5. The predicted molar refractivity (Wildman–Crippen MR) is 75.2 cm³/mol. The number of amides is 1. The van der Waals surface area contributed by atoms with Crippen molar-refractivity contribution in [3.63, 3.8) is 0 Å². The molecule has 0 spiro atoms. The molecule has 1 N–H and O–H groups in total. The molecule has 0 aliphatic carbocycles. The standard InChI is InChI=1S/C14H14BrNO3/c1-8-11-6-9(15)2-3-12(11)19-13(8)14(18)16-5-4-10(17)7-16/h2-3,6,10,17H,4-5,7H2,1H3. The molecule has 0 bridgehead atoms. The lowest BCUT2D eigenvalue weighted by atomic mass is 10.1. The number of hydrogen-bond acceptors (Lipinski definition) is 3. The molecule has 1 unspecified atom stereocenters. The van der Waals surface area contributed by atoms with E-state index < -0.39 is 6.10 Å². The maximum absolute atomic E-state index is 12.4. The third-order valence-corrected chi connectivity index (χ3v) is 4.04. The highest BCUT2D eigenvalue weighted by Crippen LogP contribution is 2.29. The highest BCUT2D eigenvalue weighted by Gasteiger charge is 2.29. The van der Waals surface area contributed by atoms with Crippen molar-refractivity contribution in [1.82, 2.24) is 4.90 Å². The first-order valence-electron chi connectivity index (χ1n) is 6.22. The van der Waals surface area contributed by atoms with E-state index in [-0.39, 0.29) is 5.91 Å². The first kappa shape index (κ1) is 12.7. The van der Waals surface area contributed by atoms with E-state index in [1.54, 1.807) is 4.90 Å². The third-order valence-electron chi connectivity index (χ3n) is 3.54. The summed E-state index contributed by atoms with van der Waals surface area (Å²) in [4.78, 5) is 14.0. The van der Waals surface area contributed by atoms with Gasteiger partial charge >= 0.3 is 0 Å². The first-order valence-corrected chi connectivity index (χ1v) is 7.01. The van der Waals surface area contributed by atoms with Crippen LogP contribution in [-0.4, -0.2) is 35.1 Å². The maximum atomic E-state index is 12.4.